The van der Waals surface area contributed by atoms with E-state index in [2.05, 4.69) is 0 Å². The van der Waals surface area contributed by atoms with Crippen molar-refractivity contribution in [2.45, 2.75) is 17.7 Å². The van der Waals surface area contributed by atoms with E-state index in [1.807, 2.05) is 0 Å². The zero-order valence-electron chi connectivity index (χ0n) is 9.08. The van der Waals surface area contributed by atoms with Gasteiger partial charge in [-0.3, -0.25) is 0 Å². The number of rotatable bonds is 4. The predicted octanol–water partition coefficient (Wildman–Crippen LogP) is 2.18. The van der Waals surface area contributed by atoms with Gasteiger partial charge in [0.1, 0.15) is 0 Å². The lowest BCUT2D eigenvalue weighted by Crippen LogP contribution is -2.25. The number of hydrogen-bond acceptors (Lipinski definition) is 3. The Morgan fingerprint density at radius 1 is 1.41 bits per heavy atom. The van der Waals surface area contributed by atoms with Crippen molar-refractivity contribution in [3.63, 3.8) is 0 Å². The standard InChI is InChI=1S/C10H12ClF2NO2S/c1-2-17(15,16)9-4-3-7(5-8(9)11)10(12,13)6-14/h3-5H,2,6,14H2,1H3. The van der Waals surface area contributed by atoms with Crippen LogP contribution in [0.2, 0.25) is 5.02 Å². The molecule has 7 heteroatoms. The Morgan fingerprint density at radius 3 is 2.41 bits per heavy atom. The molecule has 0 amide bonds. The van der Waals surface area contributed by atoms with Crippen LogP contribution < -0.4 is 5.73 Å². The van der Waals surface area contributed by atoms with Crippen LogP contribution in [0.5, 0.6) is 0 Å². The first kappa shape index (κ1) is 14.3. The smallest absolute Gasteiger partial charge is 0.285 e. The van der Waals surface area contributed by atoms with Crippen LogP contribution in [0, 0.1) is 0 Å². The van der Waals surface area contributed by atoms with Crippen LogP contribution in [0.3, 0.4) is 0 Å². The first-order valence-electron chi connectivity index (χ1n) is 4.85. The van der Waals surface area contributed by atoms with E-state index in [9.17, 15) is 17.2 Å². The van der Waals surface area contributed by atoms with Gasteiger partial charge in [0.25, 0.3) is 5.92 Å². The van der Waals surface area contributed by atoms with E-state index >= 15 is 0 Å². The molecular formula is C10H12ClF2NO2S. The predicted molar refractivity (Wildman–Crippen MR) is 62.1 cm³/mol. The van der Waals surface area contributed by atoms with Crippen molar-refractivity contribution in [3.8, 4) is 0 Å². The van der Waals surface area contributed by atoms with Crippen LogP contribution in [0.15, 0.2) is 23.1 Å². The number of benzene rings is 1. The summed E-state index contributed by atoms with van der Waals surface area (Å²) in [4.78, 5) is -0.141. The summed E-state index contributed by atoms with van der Waals surface area (Å²) in [6, 6.07) is 3.05. The Morgan fingerprint density at radius 2 is 2.00 bits per heavy atom. The van der Waals surface area contributed by atoms with Gasteiger partial charge in [-0.1, -0.05) is 24.6 Å². The Labute approximate surface area is 103 Å². The van der Waals surface area contributed by atoms with Crippen molar-refractivity contribution in [1.82, 2.24) is 0 Å². The van der Waals surface area contributed by atoms with E-state index in [0.717, 1.165) is 18.2 Å². The average Bonchev–Trinajstić information content (AvgIpc) is 2.28. The minimum absolute atomic E-state index is 0.140. The van der Waals surface area contributed by atoms with E-state index in [0.29, 0.717) is 0 Å². The van der Waals surface area contributed by atoms with Crippen LogP contribution >= 0.6 is 11.6 Å². The summed E-state index contributed by atoms with van der Waals surface area (Å²) >= 11 is 5.70. The van der Waals surface area contributed by atoms with Gasteiger partial charge in [0.2, 0.25) is 0 Å². The highest BCUT2D eigenvalue weighted by Crippen LogP contribution is 2.31. The zero-order valence-corrected chi connectivity index (χ0v) is 10.7. The summed E-state index contributed by atoms with van der Waals surface area (Å²) in [5.41, 5.74) is 4.54. The summed E-state index contributed by atoms with van der Waals surface area (Å²) in [5, 5.41) is -0.211. The maximum Gasteiger partial charge on any atom is 0.285 e. The molecule has 0 aromatic heterocycles. The fraction of sp³-hybridized carbons (Fsp3) is 0.400. The minimum atomic E-state index is -3.51. The quantitative estimate of drug-likeness (QED) is 0.921. The second-order valence-corrected chi connectivity index (χ2v) is 6.11. The molecule has 0 fully saturated rings. The van der Waals surface area contributed by atoms with E-state index in [1.54, 1.807) is 0 Å². The lowest BCUT2D eigenvalue weighted by atomic mass is 10.1. The molecule has 1 aromatic rings. The molecule has 0 unspecified atom stereocenters. The number of nitrogens with two attached hydrogens (primary N) is 1. The van der Waals surface area contributed by atoms with Crippen LogP contribution in [0.1, 0.15) is 12.5 Å². The third kappa shape index (κ3) is 2.94. The third-order valence-electron chi connectivity index (χ3n) is 2.33. The van der Waals surface area contributed by atoms with Crippen molar-refractivity contribution >= 4 is 21.4 Å². The fourth-order valence-electron chi connectivity index (χ4n) is 1.25. The monoisotopic (exact) mass is 283 g/mol. The molecule has 0 bridgehead atoms. The molecule has 0 aliphatic carbocycles. The second kappa shape index (κ2) is 4.88. The highest BCUT2D eigenvalue weighted by molar-refractivity contribution is 7.91. The molecule has 2 N–H and O–H groups in total. The summed E-state index contributed by atoms with van der Waals surface area (Å²) < 4.78 is 49.6. The Bertz CT molecular complexity index is 517. The SMILES string of the molecule is CCS(=O)(=O)c1ccc(C(F)(F)CN)cc1Cl. The molecule has 0 atom stereocenters. The lowest BCUT2D eigenvalue weighted by molar-refractivity contribution is 0.00590. The largest absolute Gasteiger partial charge is 0.325 e. The highest BCUT2D eigenvalue weighted by Gasteiger charge is 2.30. The van der Waals surface area contributed by atoms with E-state index in [1.165, 1.54) is 6.92 Å². The molecule has 0 aliphatic heterocycles. The zero-order chi connectivity index (χ0) is 13.3. The Kier molecular flexibility index (Phi) is 4.11. The number of sulfone groups is 1. The summed E-state index contributed by atoms with van der Waals surface area (Å²) in [6.45, 7) is 0.595. The van der Waals surface area contributed by atoms with E-state index in [4.69, 9.17) is 17.3 Å². The lowest BCUT2D eigenvalue weighted by Gasteiger charge is -2.15. The molecule has 1 rings (SSSR count). The normalized spacial score (nSPS) is 12.8. The molecule has 1 aromatic carbocycles. The topological polar surface area (TPSA) is 60.2 Å². The average molecular weight is 284 g/mol. The maximum atomic E-state index is 13.2. The molecule has 0 saturated carbocycles. The van der Waals surface area contributed by atoms with Gasteiger partial charge in [-0.2, -0.15) is 8.78 Å². The molecule has 17 heavy (non-hydrogen) atoms. The first-order valence-corrected chi connectivity index (χ1v) is 6.88. The fourth-order valence-corrected chi connectivity index (χ4v) is 2.73. The summed E-state index contributed by atoms with van der Waals surface area (Å²) in [6.07, 6.45) is 0. The minimum Gasteiger partial charge on any atom is -0.325 e. The molecule has 3 nitrogen and oxygen atoms in total. The summed E-state index contributed by atoms with van der Waals surface area (Å²) in [7, 11) is -3.51. The summed E-state index contributed by atoms with van der Waals surface area (Å²) in [5.74, 6) is -3.35. The van der Waals surface area contributed by atoms with E-state index in [-0.39, 0.29) is 21.2 Å². The van der Waals surface area contributed by atoms with Gasteiger partial charge < -0.3 is 5.73 Å². The van der Waals surface area contributed by atoms with Gasteiger partial charge in [-0.15, -0.1) is 0 Å². The van der Waals surface area contributed by atoms with Gasteiger partial charge in [-0.05, 0) is 12.1 Å². The van der Waals surface area contributed by atoms with Gasteiger partial charge in [0.15, 0.2) is 9.84 Å². The maximum absolute atomic E-state index is 13.2. The first-order chi connectivity index (χ1) is 7.74. The van der Waals surface area contributed by atoms with Gasteiger partial charge in [0.05, 0.1) is 22.2 Å². The van der Waals surface area contributed by atoms with Crippen molar-refractivity contribution in [2.75, 3.05) is 12.3 Å². The number of halogens is 3. The van der Waals surface area contributed by atoms with E-state index < -0.39 is 22.3 Å². The molecule has 0 saturated heterocycles. The van der Waals surface area contributed by atoms with Gasteiger partial charge in [-0.25, -0.2) is 8.42 Å². The molecule has 96 valence electrons. The van der Waals surface area contributed by atoms with Crippen molar-refractivity contribution < 1.29 is 17.2 Å². The van der Waals surface area contributed by atoms with Crippen LogP contribution in [0.4, 0.5) is 8.78 Å². The van der Waals surface area contributed by atoms with Crippen LogP contribution in [-0.4, -0.2) is 20.7 Å². The third-order valence-corrected chi connectivity index (χ3v) is 4.54. The number of hydrogen-bond donors (Lipinski definition) is 1. The number of alkyl halides is 2. The van der Waals surface area contributed by atoms with Crippen LogP contribution in [0.25, 0.3) is 0 Å². The second-order valence-electron chi connectivity index (χ2n) is 3.46. The van der Waals surface area contributed by atoms with Gasteiger partial charge >= 0.3 is 0 Å². The van der Waals surface area contributed by atoms with Crippen molar-refractivity contribution in [2.24, 2.45) is 5.73 Å². The van der Waals surface area contributed by atoms with Gasteiger partial charge in [0, 0.05) is 5.56 Å². The highest BCUT2D eigenvalue weighted by atomic mass is 35.5. The van der Waals surface area contributed by atoms with Crippen molar-refractivity contribution in [1.29, 1.82) is 0 Å². The van der Waals surface area contributed by atoms with Crippen LogP contribution in [-0.2, 0) is 15.8 Å². The molecule has 0 radical (unpaired) electrons. The van der Waals surface area contributed by atoms with Crippen molar-refractivity contribution in [3.05, 3.63) is 28.8 Å². The molecule has 0 heterocycles. The Balaban J connectivity index is 3.29. The Hall–Kier alpha value is -0.720. The molecular weight excluding hydrogens is 272 g/mol. The molecule has 0 spiro atoms. The molecule has 0 aliphatic rings.